The summed E-state index contributed by atoms with van der Waals surface area (Å²) in [6.45, 7) is 6.00. The molecular formula is C2H16N2O6P2. The van der Waals surface area contributed by atoms with Crippen LogP contribution < -0.4 is 12.3 Å². The van der Waals surface area contributed by atoms with Crippen LogP contribution in [0.5, 0.6) is 0 Å². The Morgan fingerprint density at radius 1 is 0.750 bits per heavy atom. The molecule has 12 heavy (non-hydrogen) atoms. The zero-order valence-electron chi connectivity index (χ0n) is 6.43. The van der Waals surface area contributed by atoms with Gasteiger partial charge < -0.3 is 31.9 Å². The van der Waals surface area contributed by atoms with Crippen molar-refractivity contribution in [1.82, 2.24) is 12.3 Å². The fraction of sp³-hybridized carbons (Fsp3) is 0. The Labute approximate surface area is 71.6 Å². The molecule has 0 unspecified atom stereocenters. The molecule has 0 aliphatic rings. The van der Waals surface area contributed by atoms with E-state index < -0.39 is 16.5 Å². The van der Waals surface area contributed by atoms with Gasteiger partial charge in [-0.2, -0.15) is 0 Å². The van der Waals surface area contributed by atoms with Crippen LogP contribution in [0, 0.1) is 0 Å². The minimum absolute atomic E-state index is 0. The summed E-state index contributed by atoms with van der Waals surface area (Å²) >= 11 is 0. The maximum atomic E-state index is 8.74. The second-order valence-electron chi connectivity index (χ2n) is 0.565. The molecule has 0 atom stereocenters. The van der Waals surface area contributed by atoms with Crippen molar-refractivity contribution in [3.63, 3.8) is 0 Å². The standard InChI is InChI=1S/C2H4.2H3N.2H3O3P/c1-2;;;2*1-4(2)3/h1-2H2;2*1H3;2*4H,(H2,1,2,3). The van der Waals surface area contributed by atoms with Crippen LogP contribution in [0.25, 0.3) is 0 Å². The Bertz CT molecular complexity index is 89.7. The van der Waals surface area contributed by atoms with Gasteiger partial charge in [-0.3, -0.25) is 9.13 Å². The number of hydrogen-bond donors (Lipinski definition) is 6. The average Bonchev–Trinajstić information content (AvgIpc) is 1.66. The molecule has 0 saturated carbocycles. The van der Waals surface area contributed by atoms with E-state index in [2.05, 4.69) is 13.2 Å². The van der Waals surface area contributed by atoms with Gasteiger partial charge in [0.2, 0.25) is 0 Å². The average molecular weight is 226 g/mol. The molecule has 0 rings (SSSR count). The van der Waals surface area contributed by atoms with E-state index in [9.17, 15) is 0 Å². The van der Waals surface area contributed by atoms with Gasteiger partial charge in [0.25, 0.3) is 0 Å². The highest BCUT2D eigenvalue weighted by atomic mass is 31.1. The molecule has 0 aromatic rings. The van der Waals surface area contributed by atoms with E-state index in [0.717, 1.165) is 0 Å². The van der Waals surface area contributed by atoms with E-state index in [1.807, 2.05) is 0 Å². The summed E-state index contributed by atoms with van der Waals surface area (Å²) in [6.07, 6.45) is 0. The van der Waals surface area contributed by atoms with Crippen LogP contribution in [0.1, 0.15) is 0 Å². The van der Waals surface area contributed by atoms with E-state index in [1.54, 1.807) is 0 Å². The minimum atomic E-state index is -3.13. The predicted octanol–water partition coefficient (Wildman–Crippen LogP) is -0.152. The summed E-state index contributed by atoms with van der Waals surface area (Å²) in [5.41, 5.74) is 0. The molecule has 0 aromatic carbocycles. The van der Waals surface area contributed by atoms with Gasteiger partial charge in [-0.15, -0.1) is 13.2 Å². The van der Waals surface area contributed by atoms with E-state index in [4.69, 9.17) is 28.7 Å². The lowest BCUT2D eigenvalue weighted by molar-refractivity contribution is 0.403. The van der Waals surface area contributed by atoms with Crippen LogP contribution >= 0.6 is 16.5 Å². The lowest BCUT2D eigenvalue weighted by atomic mass is 11.3. The number of rotatable bonds is 0. The lowest BCUT2D eigenvalue weighted by Gasteiger charge is -1.61. The Morgan fingerprint density at radius 2 is 0.750 bits per heavy atom. The Hall–Kier alpha value is -0.0400. The molecule has 0 bridgehead atoms. The molecule has 0 heterocycles. The van der Waals surface area contributed by atoms with Crippen molar-refractivity contribution in [3.8, 4) is 0 Å². The molecule has 8 nitrogen and oxygen atoms in total. The number of hydrogen-bond acceptors (Lipinski definition) is 4. The molecule has 80 valence electrons. The molecule has 0 aromatic heterocycles. The predicted molar refractivity (Wildman–Crippen MR) is 48.2 cm³/mol. The minimum Gasteiger partial charge on any atom is -0.344 e. The molecule has 10 heteroatoms. The lowest BCUT2D eigenvalue weighted by Crippen LogP contribution is -1.38. The molecule has 0 aliphatic carbocycles. The maximum absolute atomic E-state index is 8.74. The highest BCUT2D eigenvalue weighted by Crippen LogP contribution is 1.98. The SMILES string of the molecule is C=C.N.N.O=[PH](O)O.O=[PH](O)O. The quantitative estimate of drug-likeness (QED) is 0.243. The van der Waals surface area contributed by atoms with Gasteiger partial charge in [-0.1, -0.05) is 0 Å². The van der Waals surface area contributed by atoms with Gasteiger partial charge in [0.05, 0.1) is 0 Å². The first kappa shape index (κ1) is 29.7. The summed E-state index contributed by atoms with van der Waals surface area (Å²) in [5.74, 6) is 0. The van der Waals surface area contributed by atoms with Crippen LogP contribution in [0.4, 0.5) is 0 Å². The maximum Gasteiger partial charge on any atom is 0.314 e. The van der Waals surface area contributed by atoms with E-state index in [0.29, 0.717) is 0 Å². The Kier molecular flexibility index (Phi) is 75.6. The van der Waals surface area contributed by atoms with E-state index >= 15 is 0 Å². The van der Waals surface area contributed by atoms with Crippen LogP contribution in [0.15, 0.2) is 13.2 Å². The molecule has 10 N–H and O–H groups in total. The molecule has 0 radical (unpaired) electrons. The van der Waals surface area contributed by atoms with Crippen molar-refractivity contribution in [1.29, 1.82) is 0 Å². The zero-order chi connectivity index (χ0) is 9.15. The monoisotopic (exact) mass is 226 g/mol. The fourth-order valence-corrected chi connectivity index (χ4v) is 0. The van der Waals surface area contributed by atoms with Crippen molar-refractivity contribution >= 4 is 16.5 Å². The van der Waals surface area contributed by atoms with Gasteiger partial charge in [0.1, 0.15) is 0 Å². The fourth-order valence-electron chi connectivity index (χ4n) is 0. The molecule has 0 aliphatic heterocycles. The van der Waals surface area contributed by atoms with Gasteiger partial charge in [0, 0.05) is 0 Å². The summed E-state index contributed by atoms with van der Waals surface area (Å²) in [7, 11) is -6.26. The normalized spacial score (nSPS) is 6.17. The van der Waals surface area contributed by atoms with Crippen molar-refractivity contribution in [3.05, 3.63) is 13.2 Å². The summed E-state index contributed by atoms with van der Waals surface area (Å²) in [6, 6.07) is 0. The largest absolute Gasteiger partial charge is 0.344 e. The topological polar surface area (TPSA) is 185 Å². The second kappa shape index (κ2) is 30.6. The molecule has 0 saturated heterocycles. The molecule has 0 fully saturated rings. The highest BCUT2D eigenvalue weighted by Gasteiger charge is 1.62. The smallest absolute Gasteiger partial charge is 0.314 e. The van der Waals surface area contributed by atoms with Gasteiger partial charge in [-0.25, -0.2) is 0 Å². The first-order valence-corrected chi connectivity index (χ1v) is 4.41. The molecular weight excluding hydrogens is 210 g/mol. The summed E-state index contributed by atoms with van der Waals surface area (Å²) < 4.78 is 17.5. The van der Waals surface area contributed by atoms with Crippen molar-refractivity contribution < 1.29 is 28.7 Å². The zero-order valence-corrected chi connectivity index (χ0v) is 8.43. The Morgan fingerprint density at radius 3 is 0.750 bits per heavy atom. The third kappa shape index (κ3) is 500000. The third-order valence-corrected chi connectivity index (χ3v) is 0. The van der Waals surface area contributed by atoms with Crippen LogP contribution in [0.3, 0.4) is 0 Å². The van der Waals surface area contributed by atoms with Crippen molar-refractivity contribution in [2.45, 2.75) is 0 Å². The van der Waals surface area contributed by atoms with Gasteiger partial charge in [0.15, 0.2) is 0 Å². The first-order valence-electron chi connectivity index (χ1n) is 1.80. The summed E-state index contributed by atoms with van der Waals surface area (Å²) in [5, 5.41) is 0. The van der Waals surface area contributed by atoms with Crippen LogP contribution in [-0.2, 0) is 9.13 Å². The van der Waals surface area contributed by atoms with E-state index in [-0.39, 0.29) is 12.3 Å². The van der Waals surface area contributed by atoms with Gasteiger partial charge in [-0.05, 0) is 0 Å². The first-order chi connectivity index (χ1) is 4.46. The Balaban J connectivity index is -0.0000000198. The van der Waals surface area contributed by atoms with Crippen LogP contribution in [-0.4, -0.2) is 19.6 Å². The van der Waals surface area contributed by atoms with Gasteiger partial charge >= 0.3 is 16.5 Å². The molecule has 0 spiro atoms. The third-order valence-electron chi connectivity index (χ3n) is 0. The van der Waals surface area contributed by atoms with E-state index in [1.165, 1.54) is 0 Å². The van der Waals surface area contributed by atoms with Crippen LogP contribution in [0.2, 0.25) is 0 Å². The summed E-state index contributed by atoms with van der Waals surface area (Å²) in [4.78, 5) is 28.6. The molecule has 0 amide bonds. The second-order valence-corrected chi connectivity index (χ2v) is 1.70. The highest BCUT2D eigenvalue weighted by molar-refractivity contribution is 7.31. The van der Waals surface area contributed by atoms with Crippen molar-refractivity contribution in [2.24, 2.45) is 0 Å². The van der Waals surface area contributed by atoms with Crippen molar-refractivity contribution in [2.75, 3.05) is 0 Å².